The number of aromatic carboxylic acids is 1. The minimum Gasteiger partial charge on any atom is -0.492 e. The maximum atomic E-state index is 12.1. The fourth-order valence-electron chi connectivity index (χ4n) is 1.79. The van der Waals surface area contributed by atoms with Crippen LogP contribution < -0.4 is 4.74 Å². The van der Waals surface area contributed by atoms with Gasteiger partial charge in [-0.3, -0.25) is 4.79 Å². The lowest BCUT2D eigenvalue weighted by molar-refractivity contribution is 0.0651. The zero-order valence-corrected chi connectivity index (χ0v) is 12.4. The Morgan fingerprint density at radius 3 is 2.36 bits per heavy atom. The van der Waals surface area contributed by atoms with Crippen molar-refractivity contribution >= 4 is 11.9 Å². The minimum atomic E-state index is -1.20. The molecule has 2 rings (SSSR count). The molecule has 0 aliphatic carbocycles. The molecule has 2 aromatic rings. The third kappa shape index (κ3) is 3.88. The molecule has 0 fully saturated rings. The summed E-state index contributed by atoms with van der Waals surface area (Å²) in [5.74, 6) is -1.12. The van der Waals surface area contributed by atoms with E-state index < -0.39 is 5.97 Å². The Kier molecular flexibility index (Phi) is 4.83. The number of likely N-dealkylation sites (N-methyl/N-ethyl adjacent to an activating group) is 1. The number of ether oxygens (including phenoxy) is 1. The average molecular weight is 303 g/mol. The number of carbonyl (C=O) groups excluding carboxylic acids is 1. The molecule has 0 atom stereocenters. The van der Waals surface area contributed by atoms with Gasteiger partial charge >= 0.3 is 5.97 Å². The number of benzene rings is 1. The van der Waals surface area contributed by atoms with E-state index in [9.17, 15) is 9.59 Å². The Bertz CT molecular complexity index is 659. The van der Waals surface area contributed by atoms with Crippen molar-refractivity contribution in [3.05, 3.63) is 53.5 Å². The van der Waals surface area contributed by atoms with Crippen LogP contribution in [-0.2, 0) is 0 Å². The maximum Gasteiger partial charge on any atom is 0.371 e. The highest BCUT2D eigenvalue weighted by Crippen LogP contribution is 2.12. The fraction of sp³-hybridized carbons (Fsp3) is 0.250. The van der Waals surface area contributed by atoms with Gasteiger partial charge in [-0.1, -0.05) is 17.7 Å². The van der Waals surface area contributed by atoms with Crippen molar-refractivity contribution in [2.24, 2.45) is 0 Å². The van der Waals surface area contributed by atoms with Crippen molar-refractivity contribution in [2.45, 2.75) is 6.92 Å². The molecule has 1 aromatic carbocycles. The Morgan fingerprint density at radius 1 is 1.14 bits per heavy atom. The van der Waals surface area contributed by atoms with E-state index in [4.69, 9.17) is 14.3 Å². The number of aryl methyl sites for hydroxylation is 1. The monoisotopic (exact) mass is 303 g/mol. The fourth-order valence-corrected chi connectivity index (χ4v) is 1.79. The molecule has 1 aromatic heterocycles. The van der Waals surface area contributed by atoms with Gasteiger partial charge < -0.3 is 19.2 Å². The molecule has 0 saturated carbocycles. The van der Waals surface area contributed by atoms with E-state index in [1.165, 1.54) is 17.0 Å². The predicted molar refractivity (Wildman–Crippen MR) is 79.3 cm³/mol. The number of carboxylic acid groups (broad SMARTS) is 1. The van der Waals surface area contributed by atoms with Crippen LogP contribution in [0.25, 0.3) is 0 Å². The molecule has 0 spiro atoms. The van der Waals surface area contributed by atoms with Crippen molar-refractivity contribution < 1.29 is 23.8 Å². The predicted octanol–water partition coefficient (Wildman–Crippen LogP) is 2.44. The summed E-state index contributed by atoms with van der Waals surface area (Å²) in [6, 6.07) is 10.2. The molecule has 6 nitrogen and oxygen atoms in total. The number of furan rings is 1. The summed E-state index contributed by atoms with van der Waals surface area (Å²) in [6.07, 6.45) is 0. The topological polar surface area (TPSA) is 80.0 Å². The molecule has 22 heavy (non-hydrogen) atoms. The Labute approximate surface area is 127 Å². The van der Waals surface area contributed by atoms with Gasteiger partial charge in [0.25, 0.3) is 5.91 Å². The number of amides is 1. The lowest BCUT2D eigenvalue weighted by Gasteiger charge is -2.16. The maximum absolute atomic E-state index is 12.1. The van der Waals surface area contributed by atoms with Crippen LogP contribution >= 0.6 is 0 Å². The summed E-state index contributed by atoms with van der Waals surface area (Å²) in [5, 5.41) is 8.77. The molecule has 116 valence electrons. The first-order chi connectivity index (χ1) is 10.5. The highest BCUT2D eigenvalue weighted by atomic mass is 16.5. The second kappa shape index (κ2) is 6.80. The van der Waals surface area contributed by atoms with Crippen LogP contribution in [0.15, 0.2) is 40.8 Å². The summed E-state index contributed by atoms with van der Waals surface area (Å²) in [6.45, 7) is 2.68. The lowest BCUT2D eigenvalue weighted by Crippen LogP contribution is -2.30. The summed E-state index contributed by atoms with van der Waals surface area (Å²) in [5.41, 5.74) is 1.15. The second-order valence-corrected chi connectivity index (χ2v) is 4.86. The van der Waals surface area contributed by atoms with Gasteiger partial charge in [-0.15, -0.1) is 0 Å². The van der Waals surface area contributed by atoms with Crippen LogP contribution in [0.4, 0.5) is 0 Å². The van der Waals surface area contributed by atoms with Crippen molar-refractivity contribution in [2.75, 3.05) is 20.2 Å². The minimum absolute atomic E-state index is 0.00441. The van der Waals surface area contributed by atoms with E-state index >= 15 is 0 Å². The van der Waals surface area contributed by atoms with Crippen LogP contribution in [0.1, 0.15) is 26.7 Å². The number of hydrogen-bond donors (Lipinski definition) is 1. The van der Waals surface area contributed by atoms with E-state index in [0.717, 1.165) is 11.3 Å². The Hall–Kier alpha value is -2.76. The zero-order chi connectivity index (χ0) is 16.1. The molecule has 0 saturated heterocycles. The van der Waals surface area contributed by atoms with Gasteiger partial charge in [0, 0.05) is 7.05 Å². The first kappa shape index (κ1) is 15.6. The molecular formula is C16H17NO5. The summed E-state index contributed by atoms with van der Waals surface area (Å²) < 4.78 is 10.5. The summed E-state index contributed by atoms with van der Waals surface area (Å²) in [7, 11) is 1.60. The van der Waals surface area contributed by atoms with Crippen molar-refractivity contribution in [3.8, 4) is 5.75 Å². The number of carbonyl (C=O) groups is 2. The van der Waals surface area contributed by atoms with Gasteiger partial charge in [0.1, 0.15) is 12.4 Å². The van der Waals surface area contributed by atoms with Gasteiger partial charge in [-0.25, -0.2) is 4.79 Å². The molecule has 1 amide bonds. The van der Waals surface area contributed by atoms with Gasteiger partial charge in [-0.2, -0.15) is 0 Å². The van der Waals surface area contributed by atoms with Gasteiger partial charge in [0.2, 0.25) is 5.76 Å². The third-order valence-corrected chi connectivity index (χ3v) is 3.09. The Morgan fingerprint density at radius 2 is 1.77 bits per heavy atom. The van der Waals surface area contributed by atoms with Gasteiger partial charge in [0.05, 0.1) is 6.54 Å². The first-order valence-electron chi connectivity index (χ1n) is 6.75. The van der Waals surface area contributed by atoms with Crippen LogP contribution in [0.3, 0.4) is 0 Å². The Balaban J connectivity index is 1.85. The van der Waals surface area contributed by atoms with Gasteiger partial charge in [-0.05, 0) is 31.2 Å². The molecule has 0 unspecified atom stereocenters. The average Bonchev–Trinajstić information content (AvgIpc) is 2.98. The number of nitrogens with zero attached hydrogens (tertiary/aromatic N) is 1. The molecule has 1 heterocycles. The normalized spacial score (nSPS) is 10.3. The standard InChI is InChI=1S/C16H17NO5/c1-11-3-5-12(6-4-11)21-10-9-17(2)15(18)13-7-8-14(22-13)16(19)20/h3-8H,9-10H2,1-2H3,(H,19,20). The van der Waals surface area contributed by atoms with Crippen LogP contribution in [0.2, 0.25) is 0 Å². The van der Waals surface area contributed by atoms with Crippen LogP contribution in [0.5, 0.6) is 5.75 Å². The SMILES string of the molecule is Cc1ccc(OCCN(C)C(=O)c2ccc(C(=O)O)o2)cc1. The quantitative estimate of drug-likeness (QED) is 0.886. The number of carboxylic acids is 1. The van der Waals surface area contributed by atoms with E-state index in [2.05, 4.69) is 0 Å². The van der Waals surface area contributed by atoms with E-state index in [1.807, 2.05) is 31.2 Å². The molecule has 6 heteroatoms. The number of rotatable bonds is 6. The van der Waals surface area contributed by atoms with Crippen molar-refractivity contribution in [1.82, 2.24) is 4.90 Å². The second-order valence-electron chi connectivity index (χ2n) is 4.86. The molecule has 0 aliphatic rings. The molecule has 1 N–H and O–H groups in total. The summed E-state index contributed by atoms with van der Waals surface area (Å²) >= 11 is 0. The zero-order valence-electron chi connectivity index (χ0n) is 12.4. The van der Waals surface area contributed by atoms with E-state index in [1.54, 1.807) is 7.05 Å². The highest BCUT2D eigenvalue weighted by molar-refractivity contribution is 5.93. The third-order valence-electron chi connectivity index (χ3n) is 3.09. The highest BCUT2D eigenvalue weighted by Gasteiger charge is 2.18. The number of hydrogen-bond acceptors (Lipinski definition) is 4. The largest absolute Gasteiger partial charge is 0.492 e. The first-order valence-corrected chi connectivity index (χ1v) is 6.75. The molecule has 0 bridgehead atoms. The molecule has 0 radical (unpaired) electrons. The molecular weight excluding hydrogens is 286 g/mol. The van der Waals surface area contributed by atoms with Crippen molar-refractivity contribution in [3.63, 3.8) is 0 Å². The lowest BCUT2D eigenvalue weighted by atomic mass is 10.2. The van der Waals surface area contributed by atoms with Gasteiger partial charge in [0.15, 0.2) is 5.76 Å². The van der Waals surface area contributed by atoms with Crippen molar-refractivity contribution in [1.29, 1.82) is 0 Å². The molecule has 0 aliphatic heterocycles. The van der Waals surface area contributed by atoms with Crippen LogP contribution in [-0.4, -0.2) is 42.1 Å². The van der Waals surface area contributed by atoms with E-state index in [0.29, 0.717) is 13.2 Å². The smallest absolute Gasteiger partial charge is 0.371 e. The van der Waals surface area contributed by atoms with Crippen LogP contribution in [0, 0.1) is 6.92 Å². The summed E-state index contributed by atoms with van der Waals surface area (Å²) in [4.78, 5) is 24.2. The van der Waals surface area contributed by atoms with E-state index in [-0.39, 0.29) is 17.4 Å².